The van der Waals surface area contributed by atoms with E-state index in [2.05, 4.69) is 32.6 Å². The van der Waals surface area contributed by atoms with E-state index >= 15 is 0 Å². The van der Waals surface area contributed by atoms with Gasteiger partial charge in [0, 0.05) is 19.3 Å². The molecule has 2 saturated heterocycles. The minimum Gasteiger partial charge on any atom is -0.381 e. The highest BCUT2D eigenvalue weighted by atomic mass is 19.4. The molecule has 0 amide bonds. The Hall–Kier alpha value is -1.07. The molecule has 2 heterocycles. The van der Waals surface area contributed by atoms with Crippen LogP contribution in [-0.4, -0.2) is 37.2 Å². The number of ether oxygens (including phenoxy) is 1. The number of likely N-dealkylation sites (tertiary alicyclic amines) is 1. The summed E-state index contributed by atoms with van der Waals surface area (Å²) in [4.78, 5) is 2.67. The fraction of sp³-hybridized carbons (Fsp3) is 0.769. The summed E-state index contributed by atoms with van der Waals surface area (Å²) >= 11 is 0. The Morgan fingerprint density at radius 2 is 1.42 bits per heavy atom. The predicted octanol–water partition coefficient (Wildman–Crippen LogP) is 6.93. The first-order chi connectivity index (χ1) is 14.6. The molecule has 176 valence electrons. The molecule has 5 heteroatoms. The van der Waals surface area contributed by atoms with Crippen LogP contribution in [0.4, 0.5) is 13.2 Å². The zero-order valence-corrected chi connectivity index (χ0v) is 19.7. The molecule has 0 bridgehead atoms. The first kappa shape index (κ1) is 24.6. The first-order valence-electron chi connectivity index (χ1n) is 12.1. The van der Waals surface area contributed by atoms with Gasteiger partial charge in [-0.1, -0.05) is 39.8 Å². The normalized spacial score (nSPS) is 21.5. The van der Waals surface area contributed by atoms with Crippen molar-refractivity contribution in [3.05, 3.63) is 35.4 Å². The highest BCUT2D eigenvalue weighted by Crippen LogP contribution is 2.37. The number of rotatable bonds is 7. The number of hydrogen-bond donors (Lipinski definition) is 0. The van der Waals surface area contributed by atoms with Gasteiger partial charge in [-0.3, -0.25) is 0 Å². The van der Waals surface area contributed by atoms with Crippen molar-refractivity contribution in [1.82, 2.24) is 4.90 Å². The molecule has 2 aliphatic heterocycles. The van der Waals surface area contributed by atoms with Gasteiger partial charge in [-0.05, 0) is 92.5 Å². The largest absolute Gasteiger partial charge is 0.416 e. The van der Waals surface area contributed by atoms with Gasteiger partial charge >= 0.3 is 6.18 Å². The van der Waals surface area contributed by atoms with Gasteiger partial charge in [-0.25, -0.2) is 0 Å². The van der Waals surface area contributed by atoms with Crippen molar-refractivity contribution >= 4 is 0 Å². The Morgan fingerprint density at radius 1 is 0.903 bits per heavy atom. The van der Waals surface area contributed by atoms with Gasteiger partial charge in [0.05, 0.1) is 5.56 Å². The van der Waals surface area contributed by atoms with E-state index in [1.54, 1.807) is 12.1 Å². The molecule has 2 aliphatic rings. The van der Waals surface area contributed by atoms with E-state index in [1.807, 2.05) is 0 Å². The van der Waals surface area contributed by atoms with Gasteiger partial charge in [0.25, 0.3) is 0 Å². The van der Waals surface area contributed by atoms with Gasteiger partial charge in [0.1, 0.15) is 0 Å². The van der Waals surface area contributed by atoms with Gasteiger partial charge in [0.15, 0.2) is 0 Å². The number of benzene rings is 1. The highest BCUT2D eigenvalue weighted by Gasteiger charge is 2.35. The molecule has 31 heavy (non-hydrogen) atoms. The molecule has 0 N–H and O–H groups in total. The molecule has 0 spiro atoms. The Kier molecular flexibility index (Phi) is 8.12. The topological polar surface area (TPSA) is 12.5 Å². The van der Waals surface area contributed by atoms with Crippen molar-refractivity contribution < 1.29 is 17.9 Å². The Labute approximate surface area is 186 Å². The molecule has 0 radical (unpaired) electrons. The van der Waals surface area contributed by atoms with Gasteiger partial charge in [-0.15, -0.1) is 0 Å². The zero-order valence-electron chi connectivity index (χ0n) is 19.7. The van der Waals surface area contributed by atoms with Crippen LogP contribution in [0.1, 0.15) is 77.3 Å². The molecule has 0 saturated carbocycles. The van der Waals surface area contributed by atoms with E-state index in [9.17, 15) is 13.2 Å². The fourth-order valence-electron chi connectivity index (χ4n) is 5.67. The SMILES string of the molecule is CC(C)C[C@@H](CC(C)(C)c1ccc(C(F)(F)F)cc1)N1CCC(C2CCOCC2)CC1. The van der Waals surface area contributed by atoms with Crippen LogP contribution in [0.15, 0.2) is 24.3 Å². The van der Waals surface area contributed by atoms with Gasteiger partial charge in [0.2, 0.25) is 0 Å². The lowest BCUT2D eigenvalue weighted by Gasteiger charge is -2.43. The quantitative estimate of drug-likeness (QED) is 0.457. The molecule has 1 aromatic carbocycles. The maximum Gasteiger partial charge on any atom is 0.416 e. The summed E-state index contributed by atoms with van der Waals surface area (Å²) in [5, 5.41) is 0. The first-order valence-corrected chi connectivity index (χ1v) is 12.1. The van der Waals surface area contributed by atoms with E-state index in [0.29, 0.717) is 12.0 Å². The maximum atomic E-state index is 13.0. The minimum atomic E-state index is -4.28. The summed E-state index contributed by atoms with van der Waals surface area (Å²) in [7, 11) is 0. The molecule has 2 fully saturated rings. The molecule has 0 aromatic heterocycles. The monoisotopic (exact) mass is 439 g/mol. The number of hydrogen-bond acceptors (Lipinski definition) is 2. The van der Waals surface area contributed by atoms with Crippen molar-refractivity contribution in [2.45, 2.75) is 83.9 Å². The van der Waals surface area contributed by atoms with Crippen molar-refractivity contribution in [2.75, 3.05) is 26.3 Å². The van der Waals surface area contributed by atoms with E-state index in [-0.39, 0.29) is 5.41 Å². The Balaban J connectivity index is 1.65. The molecule has 1 aromatic rings. The third kappa shape index (κ3) is 6.71. The van der Waals surface area contributed by atoms with Crippen LogP contribution in [0.25, 0.3) is 0 Å². The molecule has 0 unspecified atom stereocenters. The third-order valence-corrected chi connectivity index (χ3v) is 7.51. The molecule has 2 nitrogen and oxygen atoms in total. The summed E-state index contributed by atoms with van der Waals surface area (Å²) in [5.41, 5.74) is 0.258. The fourth-order valence-corrected chi connectivity index (χ4v) is 5.67. The summed E-state index contributed by atoms with van der Waals surface area (Å²) in [6.45, 7) is 13.0. The predicted molar refractivity (Wildman–Crippen MR) is 120 cm³/mol. The number of piperidine rings is 1. The van der Waals surface area contributed by atoms with Crippen LogP contribution >= 0.6 is 0 Å². The average molecular weight is 440 g/mol. The second-order valence-electron chi connectivity index (χ2n) is 10.8. The third-order valence-electron chi connectivity index (χ3n) is 7.51. The Morgan fingerprint density at radius 3 is 1.94 bits per heavy atom. The maximum absolute atomic E-state index is 13.0. The van der Waals surface area contributed by atoms with Crippen LogP contribution in [0.2, 0.25) is 0 Å². The van der Waals surface area contributed by atoms with Gasteiger partial charge < -0.3 is 9.64 Å². The second kappa shape index (κ2) is 10.2. The zero-order chi connectivity index (χ0) is 22.6. The number of nitrogens with zero attached hydrogens (tertiary/aromatic N) is 1. The molecule has 0 aliphatic carbocycles. The lowest BCUT2D eigenvalue weighted by molar-refractivity contribution is -0.137. The van der Waals surface area contributed by atoms with Crippen LogP contribution < -0.4 is 0 Å². The average Bonchev–Trinajstić information content (AvgIpc) is 2.73. The molecule has 1 atom stereocenters. The number of halogens is 3. The smallest absolute Gasteiger partial charge is 0.381 e. The van der Waals surface area contributed by atoms with E-state index < -0.39 is 11.7 Å². The summed E-state index contributed by atoms with van der Waals surface area (Å²) in [6, 6.07) is 6.27. The molecular formula is C26H40F3NO. The van der Waals surface area contributed by atoms with Gasteiger partial charge in [-0.2, -0.15) is 13.2 Å². The van der Waals surface area contributed by atoms with E-state index in [0.717, 1.165) is 56.5 Å². The lowest BCUT2D eigenvalue weighted by Crippen LogP contribution is -2.46. The van der Waals surface area contributed by atoms with Crippen LogP contribution in [0.5, 0.6) is 0 Å². The van der Waals surface area contributed by atoms with Crippen LogP contribution in [-0.2, 0) is 16.3 Å². The summed E-state index contributed by atoms with van der Waals surface area (Å²) < 4.78 is 44.4. The number of alkyl halides is 3. The lowest BCUT2D eigenvalue weighted by atomic mass is 9.75. The van der Waals surface area contributed by atoms with Crippen molar-refractivity contribution in [3.63, 3.8) is 0 Å². The van der Waals surface area contributed by atoms with Crippen molar-refractivity contribution in [1.29, 1.82) is 0 Å². The molecule has 3 rings (SSSR count). The van der Waals surface area contributed by atoms with Crippen LogP contribution in [0, 0.1) is 17.8 Å². The minimum absolute atomic E-state index is 0.165. The van der Waals surface area contributed by atoms with Crippen LogP contribution in [0.3, 0.4) is 0 Å². The highest BCUT2D eigenvalue weighted by molar-refractivity contribution is 5.29. The van der Waals surface area contributed by atoms with E-state index in [4.69, 9.17) is 4.74 Å². The second-order valence-corrected chi connectivity index (χ2v) is 10.8. The molecular weight excluding hydrogens is 399 g/mol. The van der Waals surface area contributed by atoms with Crippen molar-refractivity contribution in [3.8, 4) is 0 Å². The standard InChI is InChI=1S/C26H40F3NO/c1-19(2)17-24(30-13-9-20(10-14-30)21-11-15-31-16-12-21)18-25(3,4)22-5-7-23(8-6-22)26(27,28)29/h5-8,19-21,24H,9-18H2,1-4H3/t24-/m0/s1. The van der Waals surface area contributed by atoms with Crippen molar-refractivity contribution in [2.24, 2.45) is 17.8 Å². The summed E-state index contributed by atoms with van der Waals surface area (Å²) in [5.74, 6) is 2.24. The summed E-state index contributed by atoms with van der Waals surface area (Å²) in [6.07, 6.45) is 2.77. The Bertz CT molecular complexity index is 669. The van der Waals surface area contributed by atoms with E-state index in [1.165, 1.54) is 37.8 Å².